The van der Waals surface area contributed by atoms with Crippen molar-refractivity contribution in [3.63, 3.8) is 0 Å². The number of rotatable bonds is 3. The Bertz CT molecular complexity index is 588. The SMILES string of the molecule is O=C(Nc1nnc(C2CCCN2)o1)c1ccc(Cl)o1. The van der Waals surface area contributed by atoms with Crippen LogP contribution in [-0.4, -0.2) is 22.6 Å². The van der Waals surface area contributed by atoms with Crippen molar-refractivity contribution >= 4 is 23.5 Å². The summed E-state index contributed by atoms with van der Waals surface area (Å²) in [6.45, 7) is 0.930. The average Bonchev–Trinajstić information content (AvgIpc) is 3.07. The van der Waals surface area contributed by atoms with Gasteiger partial charge in [0.05, 0.1) is 6.04 Å². The Labute approximate surface area is 113 Å². The van der Waals surface area contributed by atoms with Crippen LogP contribution in [0.2, 0.25) is 5.22 Å². The Morgan fingerprint density at radius 1 is 1.42 bits per heavy atom. The zero-order chi connectivity index (χ0) is 13.2. The molecule has 0 saturated carbocycles. The molecule has 0 radical (unpaired) electrons. The number of nitrogens with zero attached hydrogens (tertiary/aromatic N) is 2. The quantitative estimate of drug-likeness (QED) is 0.894. The number of nitrogens with one attached hydrogen (secondary N) is 2. The summed E-state index contributed by atoms with van der Waals surface area (Å²) in [6, 6.07) is 3.06. The summed E-state index contributed by atoms with van der Waals surface area (Å²) >= 11 is 5.59. The fraction of sp³-hybridized carbons (Fsp3) is 0.364. The van der Waals surface area contributed by atoms with Crippen molar-refractivity contribution < 1.29 is 13.6 Å². The van der Waals surface area contributed by atoms with E-state index < -0.39 is 5.91 Å². The lowest BCUT2D eigenvalue weighted by Gasteiger charge is -2.02. The maximum Gasteiger partial charge on any atom is 0.322 e. The number of anilines is 1. The fourth-order valence-electron chi connectivity index (χ4n) is 1.92. The van der Waals surface area contributed by atoms with Crippen molar-refractivity contribution in [2.24, 2.45) is 0 Å². The van der Waals surface area contributed by atoms with E-state index >= 15 is 0 Å². The summed E-state index contributed by atoms with van der Waals surface area (Å²) in [5.74, 6) is 0.0792. The minimum Gasteiger partial charge on any atom is -0.440 e. The molecule has 0 bridgehead atoms. The molecule has 0 aliphatic carbocycles. The zero-order valence-electron chi connectivity index (χ0n) is 9.85. The van der Waals surface area contributed by atoms with E-state index in [4.69, 9.17) is 20.4 Å². The number of halogens is 1. The largest absolute Gasteiger partial charge is 0.440 e. The molecule has 1 saturated heterocycles. The molecule has 1 aliphatic heterocycles. The van der Waals surface area contributed by atoms with Gasteiger partial charge in [-0.15, -0.1) is 5.10 Å². The van der Waals surface area contributed by atoms with Gasteiger partial charge < -0.3 is 14.2 Å². The molecule has 100 valence electrons. The Balaban J connectivity index is 1.68. The first kappa shape index (κ1) is 12.2. The van der Waals surface area contributed by atoms with Crippen molar-refractivity contribution in [2.75, 3.05) is 11.9 Å². The van der Waals surface area contributed by atoms with Crippen molar-refractivity contribution in [1.82, 2.24) is 15.5 Å². The number of carbonyl (C=O) groups is 1. The van der Waals surface area contributed by atoms with Gasteiger partial charge in [0.1, 0.15) is 0 Å². The summed E-state index contributed by atoms with van der Waals surface area (Å²) in [5, 5.41) is 13.5. The second kappa shape index (κ2) is 5.02. The summed E-state index contributed by atoms with van der Waals surface area (Å²) in [7, 11) is 0. The molecule has 1 amide bonds. The van der Waals surface area contributed by atoms with E-state index in [1.165, 1.54) is 12.1 Å². The van der Waals surface area contributed by atoms with Crippen LogP contribution in [0.5, 0.6) is 0 Å². The molecule has 7 nitrogen and oxygen atoms in total. The number of amides is 1. The highest BCUT2D eigenvalue weighted by atomic mass is 35.5. The van der Waals surface area contributed by atoms with E-state index in [0.29, 0.717) is 5.89 Å². The van der Waals surface area contributed by atoms with E-state index in [1.54, 1.807) is 0 Å². The maximum atomic E-state index is 11.8. The average molecular weight is 283 g/mol. The van der Waals surface area contributed by atoms with E-state index in [-0.39, 0.29) is 23.0 Å². The Morgan fingerprint density at radius 2 is 2.32 bits per heavy atom. The first-order valence-electron chi connectivity index (χ1n) is 5.86. The fourth-order valence-corrected chi connectivity index (χ4v) is 2.06. The molecular formula is C11H11ClN4O3. The van der Waals surface area contributed by atoms with E-state index in [2.05, 4.69) is 20.8 Å². The molecule has 3 rings (SSSR count). The monoisotopic (exact) mass is 282 g/mol. The molecule has 2 aromatic rings. The van der Waals surface area contributed by atoms with E-state index in [0.717, 1.165) is 19.4 Å². The Hall–Kier alpha value is -1.86. The van der Waals surface area contributed by atoms with E-state index in [1.807, 2.05) is 0 Å². The van der Waals surface area contributed by atoms with Crippen molar-refractivity contribution in [3.05, 3.63) is 29.0 Å². The smallest absolute Gasteiger partial charge is 0.322 e. The van der Waals surface area contributed by atoms with Crippen LogP contribution in [0.25, 0.3) is 0 Å². The van der Waals surface area contributed by atoms with Gasteiger partial charge in [0.15, 0.2) is 11.0 Å². The maximum absolute atomic E-state index is 11.8. The predicted molar refractivity (Wildman–Crippen MR) is 65.9 cm³/mol. The Morgan fingerprint density at radius 3 is 3.00 bits per heavy atom. The highest BCUT2D eigenvalue weighted by molar-refractivity contribution is 6.29. The topological polar surface area (TPSA) is 93.2 Å². The highest BCUT2D eigenvalue weighted by Gasteiger charge is 2.23. The molecule has 2 N–H and O–H groups in total. The molecule has 0 aromatic carbocycles. The normalized spacial score (nSPS) is 18.7. The lowest BCUT2D eigenvalue weighted by molar-refractivity contribution is 0.0993. The van der Waals surface area contributed by atoms with Gasteiger partial charge in [0.25, 0.3) is 5.91 Å². The minimum atomic E-state index is -0.485. The third-order valence-electron chi connectivity index (χ3n) is 2.82. The number of aromatic nitrogens is 2. The molecule has 1 aliphatic rings. The van der Waals surface area contributed by atoms with Gasteiger partial charge in [-0.25, -0.2) is 0 Å². The van der Waals surface area contributed by atoms with Crippen LogP contribution in [-0.2, 0) is 0 Å². The first-order chi connectivity index (χ1) is 9.22. The highest BCUT2D eigenvalue weighted by Crippen LogP contribution is 2.23. The lowest BCUT2D eigenvalue weighted by Crippen LogP contribution is -2.13. The van der Waals surface area contributed by atoms with Crippen LogP contribution in [0.15, 0.2) is 21.0 Å². The third kappa shape index (κ3) is 2.61. The van der Waals surface area contributed by atoms with Gasteiger partial charge in [0.2, 0.25) is 5.89 Å². The summed E-state index contributed by atoms with van der Waals surface area (Å²) in [4.78, 5) is 11.8. The van der Waals surface area contributed by atoms with Gasteiger partial charge in [-0.05, 0) is 43.1 Å². The van der Waals surface area contributed by atoms with Gasteiger partial charge in [-0.3, -0.25) is 10.1 Å². The van der Waals surface area contributed by atoms with Crippen LogP contribution < -0.4 is 10.6 Å². The van der Waals surface area contributed by atoms with Gasteiger partial charge in [-0.1, -0.05) is 5.10 Å². The number of furan rings is 1. The van der Waals surface area contributed by atoms with Gasteiger partial charge >= 0.3 is 6.01 Å². The molecule has 3 heterocycles. The lowest BCUT2D eigenvalue weighted by atomic mass is 10.2. The minimum absolute atomic E-state index is 0.0428. The second-order valence-electron chi connectivity index (χ2n) is 4.15. The molecular weight excluding hydrogens is 272 g/mol. The molecule has 1 fully saturated rings. The van der Waals surface area contributed by atoms with Crippen LogP contribution >= 0.6 is 11.6 Å². The van der Waals surface area contributed by atoms with Crippen LogP contribution in [0.4, 0.5) is 6.01 Å². The van der Waals surface area contributed by atoms with Crippen LogP contribution in [0, 0.1) is 0 Å². The number of hydrogen-bond acceptors (Lipinski definition) is 6. The van der Waals surface area contributed by atoms with Gasteiger partial charge in [0, 0.05) is 0 Å². The second-order valence-corrected chi connectivity index (χ2v) is 4.52. The molecule has 0 spiro atoms. The van der Waals surface area contributed by atoms with Gasteiger partial charge in [-0.2, -0.15) is 0 Å². The third-order valence-corrected chi connectivity index (χ3v) is 3.02. The van der Waals surface area contributed by atoms with E-state index in [9.17, 15) is 4.79 Å². The van der Waals surface area contributed by atoms with Crippen molar-refractivity contribution in [1.29, 1.82) is 0 Å². The summed E-state index contributed by atoms with van der Waals surface area (Å²) in [5.41, 5.74) is 0. The van der Waals surface area contributed by atoms with Crippen LogP contribution in [0.3, 0.4) is 0 Å². The molecule has 8 heteroatoms. The predicted octanol–water partition coefficient (Wildman–Crippen LogP) is 1.99. The molecule has 19 heavy (non-hydrogen) atoms. The summed E-state index contributed by atoms with van der Waals surface area (Å²) < 4.78 is 10.4. The molecule has 2 aromatic heterocycles. The number of hydrogen-bond donors (Lipinski definition) is 2. The molecule has 1 atom stereocenters. The van der Waals surface area contributed by atoms with Crippen molar-refractivity contribution in [3.8, 4) is 0 Å². The molecule has 1 unspecified atom stereocenters. The number of carbonyl (C=O) groups excluding carboxylic acids is 1. The van der Waals surface area contributed by atoms with Crippen LogP contribution in [0.1, 0.15) is 35.3 Å². The van der Waals surface area contributed by atoms with Crippen molar-refractivity contribution in [2.45, 2.75) is 18.9 Å². The summed E-state index contributed by atoms with van der Waals surface area (Å²) in [6.07, 6.45) is 2.02. The Kier molecular flexibility index (Phi) is 3.22. The standard InChI is InChI=1S/C11H11ClN4O3/c12-8-4-3-7(18-8)9(17)14-11-16-15-10(19-11)6-2-1-5-13-6/h3-4,6,13H,1-2,5H2,(H,14,16,17). The zero-order valence-corrected chi connectivity index (χ0v) is 10.6. The first-order valence-corrected chi connectivity index (χ1v) is 6.23.